The van der Waals surface area contributed by atoms with E-state index in [1.54, 1.807) is 6.07 Å². The van der Waals surface area contributed by atoms with Gasteiger partial charge in [0, 0.05) is 23.2 Å². The molecule has 0 unspecified atom stereocenters. The van der Waals surface area contributed by atoms with Gasteiger partial charge in [0.1, 0.15) is 4.88 Å². The van der Waals surface area contributed by atoms with E-state index >= 15 is 0 Å². The van der Waals surface area contributed by atoms with E-state index in [2.05, 4.69) is 10.0 Å². The number of ether oxygens (including phenoxy) is 1. The number of nitrogens with one attached hydrogen (secondary N) is 2. The van der Waals surface area contributed by atoms with E-state index in [1.807, 2.05) is 60.9 Å². The number of methoxy groups -OCH3 is 1. The van der Waals surface area contributed by atoms with Crippen molar-refractivity contribution in [2.75, 3.05) is 23.4 Å². The lowest BCUT2D eigenvalue weighted by Crippen LogP contribution is -2.10. The summed E-state index contributed by atoms with van der Waals surface area (Å²) < 4.78 is 8.01. The van der Waals surface area contributed by atoms with Gasteiger partial charge in [0.25, 0.3) is 5.91 Å². The second kappa shape index (κ2) is 8.75. The zero-order chi connectivity index (χ0) is 19.2. The van der Waals surface area contributed by atoms with E-state index < -0.39 is 5.97 Å². The van der Waals surface area contributed by atoms with Gasteiger partial charge in [0.2, 0.25) is 0 Å². The summed E-state index contributed by atoms with van der Waals surface area (Å²) in [4.78, 5) is 25.7. The number of hydrogen-bond acceptors (Lipinski definition) is 6. The number of rotatable bonds is 6. The van der Waals surface area contributed by atoms with E-state index in [4.69, 9.17) is 4.74 Å². The zero-order valence-electron chi connectivity index (χ0n) is 14.8. The number of esters is 1. The summed E-state index contributed by atoms with van der Waals surface area (Å²) >= 11 is 2.60. The highest BCUT2D eigenvalue weighted by Gasteiger charge is 2.21. The number of benzene rings is 2. The topological polar surface area (TPSA) is 67.4 Å². The summed E-state index contributed by atoms with van der Waals surface area (Å²) in [7, 11) is 1.33. The SMILES string of the molecule is COC(=O)c1sc(C(=O)Nc2cccc(NSC)c2)cc1-c1ccccc1. The second-order valence-electron chi connectivity index (χ2n) is 5.55. The minimum absolute atomic E-state index is 0.270. The van der Waals surface area contributed by atoms with Crippen LogP contribution in [0.5, 0.6) is 0 Å². The maximum Gasteiger partial charge on any atom is 0.348 e. The first kappa shape index (κ1) is 19.0. The Morgan fingerprint density at radius 3 is 2.44 bits per heavy atom. The van der Waals surface area contributed by atoms with Crippen molar-refractivity contribution in [1.82, 2.24) is 0 Å². The Bertz CT molecular complexity index is 955. The first-order chi connectivity index (χ1) is 13.1. The maximum atomic E-state index is 12.7. The van der Waals surface area contributed by atoms with Crippen molar-refractivity contribution >= 4 is 46.5 Å². The third-order valence-corrected chi connectivity index (χ3v) is 5.31. The highest BCUT2D eigenvalue weighted by molar-refractivity contribution is 7.99. The summed E-state index contributed by atoms with van der Waals surface area (Å²) in [5.74, 6) is -0.724. The van der Waals surface area contributed by atoms with Crippen LogP contribution >= 0.6 is 23.3 Å². The van der Waals surface area contributed by atoms with Crippen LogP contribution in [0.3, 0.4) is 0 Å². The van der Waals surface area contributed by atoms with Crippen LogP contribution in [0.15, 0.2) is 60.7 Å². The van der Waals surface area contributed by atoms with Gasteiger partial charge in [-0.2, -0.15) is 0 Å². The van der Waals surface area contributed by atoms with Crippen LogP contribution in [0.1, 0.15) is 19.3 Å². The van der Waals surface area contributed by atoms with Gasteiger partial charge in [-0.3, -0.25) is 4.79 Å². The molecule has 0 atom stereocenters. The monoisotopic (exact) mass is 398 g/mol. The Kier molecular flexibility index (Phi) is 6.16. The van der Waals surface area contributed by atoms with Crippen LogP contribution in [0.4, 0.5) is 11.4 Å². The maximum absolute atomic E-state index is 12.7. The molecule has 0 bridgehead atoms. The summed E-state index contributed by atoms with van der Waals surface area (Å²) in [6, 6.07) is 18.6. The van der Waals surface area contributed by atoms with E-state index in [0.29, 0.717) is 21.0 Å². The number of thiophene rings is 1. The van der Waals surface area contributed by atoms with Crippen molar-refractivity contribution in [2.24, 2.45) is 0 Å². The zero-order valence-corrected chi connectivity index (χ0v) is 16.4. The quantitative estimate of drug-likeness (QED) is 0.444. The van der Waals surface area contributed by atoms with Crippen molar-refractivity contribution < 1.29 is 14.3 Å². The Morgan fingerprint density at radius 1 is 1.00 bits per heavy atom. The molecule has 1 heterocycles. The van der Waals surface area contributed by atoms with E-state index in [0.717, 1.165) is 22.6 Å². The molecule has 0 spiro atoms. The summed E-state index contributed by atoms with van der Waals surface area (Å²) in [6.07, 6.45) is 1.93. The van der Waals surface area contributed by atoms with Gasteiger partial charge in [-0.1, -0.05) is 48.3 Å². The Balaban J connectivity index is 1.90. The average Bonchev–Trinajstić information content (AvgIpc) is 3.14. The molecule has 0 fully saturated rings. The molecular weight excluding hydrogens is 380 g/mol. The Morgan fingerprint density at radius 2 is 1.74 bits per heavy atom. The Hall–Kier alpha value is -2.77. The molecule has 0 aliphatic carbocycles. The molecule has 7 heteroatoms. The van der Waals surface area contributed by atoms with E-state index in [1.165, 1.54) is 19.1 Å². The predicted molar refractivity (Wildman–Crippen MR) is 113 cm³/mol. The van der Waals surface area contributed by atoms with Gasteiger partial charge >= 0.3 is 5.97 Å². The van der Waals surface area contributed by atoms with Gasteiger partial charge in [-0.25, -0.2) is 4.79 Å². The number of amides is 1. The molecule has 3 rings (SSSR count). The standard InChI is InChI=1S/C20H18N2O3S2/c1-25-20(24)18-16(13-7-4-3-5-8-13)12-17(27-18)19(23)21-14-9-6-10-15(11-14)22-26-2/h3-12,22H,1-2H3,(H,21,23). The summed E-state index contributed by atoms with van der Waals surface area (Å²) in [5, 5.41) is 2.88. The molecule has 138 valence electrons. The Labute approximate surface area is 165 Å². The van der Waals surface area contributed by atoms with E-state index in [-0.39, 0.29) is 5.91 Å². The smallest absolute Gasteiger partial charge is 0.348 e. The molecule has 2 aromatic carbocycles. The number of anilines is 2. The van der Waals surface area contributed by atoms with Crippen LogP contribution in [0.2, 0.25) is 0 Å². The summed E-state index contributed by atoms with van der Waals surface area (Å²) in [5.41, 5.74) is 3.12. The molecule has 3 aromatic rings. The molecule has 1 aromatic heterocycles. The molecule has 5 nitrogen and oxygen atoms in total. The van der Waals surface area contributed by atoms with Crippen molar-refractivity contribution in [3.8, 4) is 11.1 Å². The normalized spacial score (nSPS) is 10.3. The lowest BCUT2D eigenvalue weighted by atomic mass is 10.1. The van der Waals surface area contributed by atoms with Crippen LogP contribution in [-0.4, -0.2) is 25.2 Å². The molecule has 0 aliphatic heterocycles. The first-order valence-electron chi connectivity index (χ1n) is 8.10. The number of carbonyl (C=O) groups excluding carboxylic acids is 2. The first-order valence-corrected chi connectivity index (χ1v) is 10.1. The minimum atomic E-state index is -0.455. The number of carbonyl (C=O) groups is 2. The minimum Gasteiger partial charge on any atom is -0.465 e. The van der Waals surface area contributed by atoms with Crippen molar-refractivity contribution in [2.45, 2.75) is 0 Å². The van der Waals surface area contributed by atoms with Crippen LogP contribution < -0.4 is 10.0 Å². The van der Waals surface area contributed by atoms with Gasteiger partial charge in [-0.05, 0) is 29.8 Å². The molecule has 1 amide bonds. The van der Waals surface area contributed by atoms with Gasteiger partial charge < -0.3 is 14.8 Å². The highest BCUT2D eigenvalue weighted by atomic mass is 32.2. The fraction of sp³-hybridized carbons (Fsp3) is 0.100. The van der Waals surface area contributed by atoms with Gasteiger partial charge in [-0.15, -0.1) is 11.3 Å². The lowest BCUT2D eigenvalue weighted by molar-refractivity contribution is 0.0607. The molecule has 0 radical (unpaired) electrons. The molecule has 0 saturated heterocycles. The molecule has 2 N–H and O–H groups in total. The number of hydrogen-bond donors (Lipinski definition) is 2. The lowest BCUT2D eigenvalue weighted by Gasteiger charge is -2.06. The second-order valence-corrected chi connectivity index (χ2v) is 7.22. The van der Waals surface area contributed by atoms with Gasteiger partial charge in [0.05, 0.1) is 12.0 Å². The van der Waals surface area contributed by atoms with E-state index in [9.17, 15) is 9.59 Å². The van der Waals surface area contributed by atoms with Gasteiger partial charge in [0.15, 0.2) is 0 Å². The largest absolute Gasteiger partial charge is 0.465 e. The third kappa shape index (κ3) is 4.50. The fourth-order valence-corrected chi connectivity index (χ4v) is 3.91. The third-order valence-electron chi connectivity index (χ3n) is 3.75. The molecule has 27 heavy (non-hydrogen) atoms. The van der Waals surface area contributed by atoms with Crippen molar-refractivity contribution in [3.63, 3.8) is 0 Å². The van der Waals surface area contributed by atoms with Crippen LogP contribution in [0, 0.1) is 0 Å². The molecule has 0 aliphatic rings. The fourth-order valence-electron chi connectivity index (χ4n) is 2.55. The molecular formula is C20H18N2O3S2. The van der Waals surface area contributed by atoms with Crippen LogP contribution in [-0.2, 0) is 4.74 Å². The molecule has 0 saturated carbocycles. The predicted octanol–water partition coefficient (Wildman–Crippen LogP) is 5.14. The van der Waals surface area contributed by atoms with Crippen LogP contribution in [0.25, 0.3) is 11.1 Å². The highest BCUT2D eigenvalue weighted by Crippen LogP contribution is 2.33. The van der Waals surface area contributed by atoms with Crippen molar-refractivity contribution in [1.29, 1.82) is 0 Å². The van der Waals surface area contributed by atoms with Crippen molar-refractivity contribution in [3.05, 3.63) is 70.4 Å². The average molecular weight is 399 g/mol. The summed E-state index contributed by atoms with van der Waals surface area (Å²) in [6.45, 7) is 0.